The van der Waals surface area contributed by atoms with Crippen molar-refractivity contribution in [3.8, 4) is 0 Å². The van der Waals surface area contributed by atoms with Gasteiger partial charge in [-0.25, -0.2) is 0 Å². The highest BCUT2D eigenvalue weighted by Crippen LogP contribution is 2.27. The minimum Gasteiger partial charge on any atom is -0.506 e. The van der Waals surface area contributed by atoms with Gasteiger partial charge >= 0.3 is 6.18 Å². The fourth-order valence-electron chi connectivity index (χ4n) is 1.87. The van der Waals surface area contributed by atoms with Crippen molar-refractivity contribution >= 4 is 34.8 Å². The number of allylic oxidation sites excluding steroid dienone is 1. The molecule has 0 amide bonds. The Balaban J connectivity index is 2.47. The van der Waals surface area contributed by atoms with Gasteiger partial charge in [-0.1, -0.05) is 12.1 Å². The Hall–Kier alpha value is -2.41. The Morgan fingerprint density at radius 2 is 1.92 bits per heavy atom. The van der Waals surface area contributed by atoms with Crippen LogP contribution in [0.1, 0.15) is 16.0 Å². The summed E-state index contributed by atoms with van der Waals surface area (Å²) in [5.41, 5.74) is 1.44. The van der Waals surface area contributed by atoms with Crippen LogP contribution in [0.2, 0.25) is 0 Å². The van der Waals surface area contributed by atoms with Crippen LogP contribution in [-0.4, -0.2) is 23.3 Å². The van der Waals surface area contributed by atoms with E-state index < -0.39 is 23.3 Å². The fraction of sp³-hybridized carbons (Fsp3) is 0.176. The van der Waals surface area contributed by atoms with Crippen LogP contribution in [0.15, 0.2) is 46.3 Å². The number of aliphatic hydroxyl groups excluding tert-OH is 1. The molecule has 2 aromatic rings. The monoisotopic (exact) mass is 353 g/mol. The lowest BCUT2D eigenvalue weighted by Crippen LogP contribution is -2.26. The topological polar surface area (TPSA) is 49.7 Å². The van der Waals surface area contributed by atoms with E-state index in [1.807, 2.05) is 13.8 Å². The Morgan fingerprint density at radius 3 is 2.46 bits per heavy atom. The Bertz CT molecular complexity index is 806. The lowest BCUT2D eigenvalue weighted by Gasteiger charge is -2.08. The van der Waals surface area contributed by atoms with Crippen molar-refractivity contribution in [3.63, 3.8) is 0 Å². The largest absolute Gasteiger partial charge is 0.506 e. The van der Waals surface area contributed by atoms with Crippen LogP contribution < -0.4 is 0 Å². The lowest BCUT2D eigenvalue weighted by molar-refractivity contribution is -0.165. The van der Waals surface area contributed by atoms with Crippen molar-refractivity contribution in [3.05, 3.63) is 57.3 Å². The van der Waals surface area contributed by atoms with Gasteiger partial charge in [0.15, 0.2) is 0 Å². The van der Waals surface area contributed by atoms with E-state index in [2.05, 4.69) is 4.99 Å². The smallest absolute Gasteiger partial charge is 0.455 e. The van der Waals surface area contributed by atoms with Crippen LogP contribution in [0.4, 0.5) is 18.9 Å². The number of aliphatic hydroxyl groups is 1. The van der Waals surface area contributed by atoms with Crippen molar-refractivity contribution in [2.24, 2.45) is 4.99 Å². The number of aliphatic imine (C=N–C) groups is 1. The number of ketones is 1. The molecule has 24 heavy (non-hydrogen) atoms. The van der Waals surface area contributed by atoms with Gasteiger partial charge in [-0.15, -0.1) is 11.3 Å². The van der Waals surface area contributed by atoms with Crippen LogP contribution >= 0.6 is 11.3 Å². The normalized spacial score (nSPS) is 13.2. The predicted molar refractivity (Wildman–Crippen MR) is 89.0 cm³/mol. The van der Waals surface area contributed by atoms with Crippen LogP contribution in [0.5, 0.6) is 0 Å². The molecule has 0 spiro atoms. The molecule has 0 fully saturated rings. The highest BCUT2D eigenvalue weighted by atomic mass is 32.1. The predicted octanol–water partition coefficient (Wildman–Crippen LogP) is 5.17. The Labute approximate surface area is 140 Å². The van der Waals surface area contributed by atoms with E-state index in [0.717, 1.165) is 28.7 Å². The molecule has 7 heteroatoms. The molecule has 0 radical (unpaired) electrons. The molecule has 0 atom stereocenters. The van der Waals surface area contributed by atoms with E-state index in [1.54, 1.807) is 29.6 Å². The molecular weight excluding hydrogens is 339 g/mol. The molecular formula is C17H14F3NO2S. The second kappa shape index (κ2) is 7.00. The number of rotatable bonds is 4. The molecule has 3 nitrogen and oxygen atoms in total. The van der Waals surface area contributed by atoms with Gasteiger partial charge in [0.25, 0.3) is 5.78 Å². The zero-order valence-corrected chi connectivity index (χ0v) is 13.7. The summed E-state index contributed by atoms with van der Waals surface area (Å²) in [4.78, 5) is 15.7. The van der Waals surface area contributed by atoms with E-state index in [0.29, 0.717) is 5.69 Å². The minimum absolute atomic E-state index is 0.161. The quantitative estimate of drug-likeness (QED) is 0.468. The molecule has 1 heterocycles. The van der Waals surface area contributed by atoms with Crippen molar-refractivity contribution in [2.75, 3.05) is 0 Å². The van der Waals surface area contributed by atoms with E-state index in [-0.39, 0.29) is 4.88 Å². The van der Waals surface area contributed by atoms with Gasteiger partial charge in [0.2, 0.25) is 0 Å². The van der Waals surface area contributed by atoms with E-state index >= 15 is 0 Å². The van der Waals surface area contributed by atoms with Crippen LogP contribution in [0.25, 0.3) is 5.76 Å². The maximum absolute atomic E-state index is 12.8. The third kappa shape index (κ3) is 4.11. The number of hydrogen-bond donors (Lipinski definition) is 1. The highest BCUT2D eigenvalue weighted by molar-refractivity contribution is 7.11. The number of nitrogens with zero attached hydrogens (tertiary/aromatic N) is 1. The molecule has 1 aromatic carbocycles. The number of benzene rings is 1. The maximum Gasteiger partial charge on any atom is 0.455 e. The average Bonchev–Trinajstić information content (AvgIpc) is 3.04. The second-order valence-electron chi connectivity index (χ2n) is 5.09. The zero-order chi connectivity index (χ0) is 17.9. The summed E-state index contributed by atoms with van der Waals surface area (Å²) < 4.78 is 38.4. The Kier molecular flexibility index (Phi) is 5.23. The summed E-state index contributed by atoms with van der Waals surface area (Å²) >= 11 is 1.02. The number of alkyl halides is 3. The summed E-state index contributed by atoms with van der Waals surface area (Å²) in [6.07, 6.45) is -4.34. The molecule has 0 saturated heterocycles. The van der Waals surface area contributed by atoms with Crippen molar-refractivity contribution in [1.82, 2.24) is 0 Å². The van der Waals surface area contributed by atoms with E-state index in [1.165, 1.54) is 6.07 Å². The summed E-state index contributed by atoms with van der Waals surface area (Å²) in [6.45, 7) is 3.74. The number of carbonyl (C=O) groups excluding carboxylic acids is 1. The number of thiophene rings is 1. The summed E-state index contributed by atoms with van der Waals surface area (Å²) in [5, 5.41) is 11.6. The molecule has 0 aliphatic heterocycles. The van der Waals surface area contributed by atoms with Crippen molar-refractivity contribution in [1.29, 1.82) is 0 Å². The van der Waals surface area contributed by atoms with Gasteiger partial charge in [0.05, 0.1) is 16.1 Å². The number of halogens is 3. The van der Waals surface area contributed by atoms with Gasteiger partial charge in [0, 0.05) is 6.21 Å². The summed E-state index contributed by atoms with van der Waals surface area (Å²) in [7, 11) is 0. The highest BCUT2D eigenvalue weighted by Gasteiger charge is 2.41. The standard InChI is InChI=1S/C17H14F3NO2S/c1-10-5-6-12(8-11(10)2)21-9-13(16(23)17(18,19)20)15(22)14-4-3-7-24-14/h3-9,22H,1-2H3/b15-13-,21-9?. The molecule has 2 rings (SSSR count). The number of hydrogen-bond acceptors (Lipinski definition) is 4. The third-order valence-corrected chi connectivity index (χ3v) is 4.22. The van der Waals surface area contributed by atoms with Gasteiger partial charge < -0.3 is 5.11 Å². The Morgan fingerprint density at radius 1 is 1.21 bits per heavy atom. The first-order valence-corrected chi connectivity index (χ1v) is 7.78. The number of carbonyl (C=O) groups is 1. The van der Waals surface area contributed by atoms with Crippen LogP contribution in [0, 0.1) is 13.8 Å². The van der Waals surface area contributed by atoms with E-state index in [9.17, 15) is 23.1 Å². The van der Waals surface area contributed by atoms with Gasteiger partial charge in [-0.05, 0) is 48.6 Å². The molecule has 126 valence electrons. The van der Waals surface area contributed by atoms with Gasteiger partial charge in [-0.3, -0.25) is 9.79 Å². The van der Waals surface area contributed by atoms with Gasteiger partial charge in [0.1, 0.15) is 5.76 Å². The SMILES string of the molecule is Cc1ccc(N=C/C(C(=O)C(F)(F)F)=C(/O)c2cccs2)cc1C. The molecule has 1 N–H and O–H groups in total. The number of Topliss-reactive ketones (excluding diaryl/α,β-unsaturated/α-hetero) is 1. The molecule has 0 unspecified atom stereocenters. The lowest BCUT2D eigenvalue weighted by atomic mass is 10.1. The molecule has 0 aliphatic rings. The van der Waals surface area contributed by atoms with Crippen molar-refractivity contribution < 1.29 is 23.1 Å². The first-order valence-electron chi connectivity index (χ1n) is 6.90. The third-order valence-electron chi connectivity index (χ3n) is 3.34. The maximum atomic E-state index is 12.8. The average molecular weight is 353 g/mol. The molecule has 0 saturated carbocycles. The summed E-state index contributed by atoms with van der Waals surface area (Å²) in [6, 6.07) is 8.07. The summed E-state index contributed by atoms with van der Waals surface area (Å²) in [5.74, 6) is -2.87. The number of aryl methyl sites for hydroxylation is 2. The van der Waals surface area contributed by atoms with Crippen LogP contribution in [-0.2, 0) is 4.79 Å². The van der Waals surface area contributed by atoms with E-state index in [4.69, 9.17) is 0 Å². The minimum atomic E-state index is -5.10. The molecule has 0 bridgehead atoms. The second-order valence-corrected chi connectivity index (χ2v) is 6.04. The molecule has 0 aliphatic carbocycles. The van der Waals surface area contributed by atoms with Crippen molar-refractivity contribution in [2.45, 2.75) is 20.0 Å². The fourth-order valence-corrected chi connectivity index (χ4v) is 2.55. The first-order chi connectivity index (χ1) is 11.2. The van der Waals surface area contributed by atoms with Crippen LogP contribution in [0.3, 0.4) is 0 Å². The van der Waals surface area contributed by atoms with Gasteiger partial charge in [-0.2, -0.15) is 13.2 Å². The zero-order valence-electron chi connectivity index (χ0n) is 12.9. The molecule has 1 aromatic heterocycles. The first kappa shape index (κ1) is 17.9.